The second-order valence-electron chi connectivity index (χ2n) is 4.90. The largest absolute Gasteiger partial charge is 0.449 e. The van der Waals surface area contributed by atoms with Crippen LogP contribution in [0.3, 0.4) is 0 Å². The lowest BCUT2D eigenvalue weighted by Gasteiger charge is -2.34. The predicted octanol–water partition coefficient (Wildman–Crippen LogP) is 2.72. The Morgan fingerprint density at radius 1 is 1.42 bits per heavy atom. The van der Waals surface area contributed by atoms with Crippen molar-refractivity contribution in [2.45, 2.75) is 19.9 Å². The minimum absolute atomic E-state index is 0.0345. The molecule has 3 amide bonds. The predicted molar refractivity (Wildman–Crippen MR) is 79.6 cm³/mol. The van der Waals surface area contributed by atoms with Gasteiger partial charge in [-0.3, -0.25) is 0 Å². The van der Waals surface area contributed by atoms with Crippen LogP contribution in [0, 0.1) is 28.5 Å². The maximum Gasteiger partial charge on any atom is 0.418 e. The first-order valence-corrected chi connectivity index (χ1v) is 7.02. The van der Waals surface area contributed by atoms with E-state index in [-0.39, 0.29) is 29.0 Å². The minimum atomic E-state index is -1.10. The van der Waals surface area contributed by atoms with Crippen molar-refractivity contribution >= 4 is 12.1 Å². The SMILES string of the molecule is CCOC(=O)N1C(=O)NC(C)=C(C#N)C1c1ccc(F)c(C#N)c1. The summed E-state index contributed by atoms with van der Waals surface area (Å²) in [6, 6.07) is 5.33. The summed E-state index contributed by atoms with van der Waals surface area (Å²) >= 11 is 0. The standard InChI is InChI=1S/C16H13FN4O3/c1-3-24-16(23)21-14(12(8-19)9(2)20-15(21)22)10-4-5-13(17)11(6-10)7-18/h4-6,14H,3H2,1-2H3,(H,20,22). The van der Waals surface area contributed by atoms with Gasteiger partial charge in [0.25, 0.3) is 0 Å². The first-order chi connectivity index (χ1) is 11.4. The topological polar surface area (TPSA) is 106 Å². The quantitative estimate of drug-likeness (QED) is 0.898. The fourth-order valence-corrected chi connectivity index (χ4v) is 2.38. The van der Waals surface area contributed by atoms with Gasteiger partial charge in [-0.25, -0.2) is 18.9 Å². The Labute approximate surface area is 137 Å². The number of carbonyl (C=O) groups is 2. The van der Waals surface area contributed by atoms with Crippen LogP contribution in [-0.4, -0.2) is 23.6 Å². The minimum Gasteiger partial charge on any atom is -0.449 e. The zero-order chi connectivity index (χ0) is 17.9. The second kappa shape index (κ2) is 6.80. The number of benzene rings is 1. The molecule has 0 radical (unpaired) electrons. The van der Waals surface area contributed by atoms with E-state index < -0.39 is 24.0 Å². The van der Waals surface area contributed by atoms with Crippen LogP contribution in [0.25, 0.3) is 0 Å². The fourth-order valence-electron chi connectivity index (χ4n) is 2.38. The van der Waals surface area contributed by atoms with Crippen LogP contribution in [0.2, 0.25) is 0 Å². The number of hydrogen-bond donors (Lipinski definition) is 1. The summed E-state index contributed by atoms with van der Waals surface area (Å²) in [5.74, 6) is -0.733. The third-order valence-electron chi connectivity index (χ3n) is 3.46. The van der Waals surface area contributed by atoms with Gasteiger partial charge in [-0.1, -0.05) is 6.07 Å². The molecule has 7 nitrogen and oxygen atoms in total. The molecule has 122 valence electrons. The number of rotatable bonds is 2. The van der Waals surface area contributed by atoms with Crippen molar-refractivity contribution in [3.8, 4) is 12.1 Å². The summed E-state index contributed by atoms with van der Waals surface area (Å²) in [4.78, 5) is 25.1. The van der Waals surface area contributed by atoms with Gasteiger partial charge in [-0.2, -0.15) is 10.5 Å². The molecule has 1 aliphatic heterocycles. The average Bonchev–Trinajstić information content (AvgIpc) is 2.54. The Balaban J connectivity index is 2.64. The van der Waals surface area contributed by atoms with Crippen molar-refractivity contribution in [1.29, 1.82) is 10.5 Å². The van der Waals surface area contributed by atoms with E-state index in [0.717, 1.165) is 11.0 Å². The zero-order valence-corrected chi connectivity index (χ0v) is 13.0. The summed E-state index contributed by atoms with van der Waals surface area (Å²) in [5.41, 5.74) is 0.373. The molecule has 0 fully saturated rings. The van der Waals surface area contributed by atoms with Crippen LogP contribution in [0.4, 0.5) is 14.0 Å². The molecule has 1 N–H and O–H groups in total. The number of nitriles is 2. The molecule has 2 rings (SSSR count). The fraction of sp³-hybridized carbons (Fsp3) is 0.250. The molecule has 0 saturated heterocycles. The van der Waals surface area contributed by atoms with Crippen LogP contribution >= 0.6 is 0 Å². The Kier molecular flexibility index (Phi) is 4.81. The van der Waals surface area contributed by atoms with Crippen molar-refractivity contribution in [3.05, 3.63) is 46.4 Å². The molecule has 0 saturated carbocycles. The van der Waals surface area contributed by atoms with Crippen LogP contribution in [0.1, 0.15) is 31.0 Å². The molecule has 1 aromatic carbocycles. The van der Waals surface area contributed by atoms with Crippen LogP contribution in [-0.2, 0) is 4.74 Å². The highest BCUT2D eigenvalue weighted by Crippen LogP contribution is 2.34. The number of imide groups is 1. The molecule has 8 heteroatoms. The van der Waals surface area contributed by atoms with Crippen LogP contribution < -0.4 is 5.32 Å². The number of urea groups is 1. The van der Waals surface area contributed by atoms with Gasteiger partial charge in [0, 0.05) is 5.70 Å². The Morgan fingerprint density at radius 2 is 2.12 bits per heavy atom. The lowest BCUT2D eigenvalue weighted by molar-refractivity contribution is 0.104. The number of hydrogen-bond acceptors (Lipinski definition) is 5. The third-order valence-corrected chi connectivity index (χ3v) is 3.46. The smallest absolute Gasteiger partial charge is 0.418 e. The van der Waals surface area contributed by atoms with Gasteiger partial charge in [0.15, 0.2) is 0 Å². The summed E-state index contributed by atoms with van der Waals surface area (Å²) in [7, 11) is 0. The van der Waals surface area contributed by atoms with Gasteiger partial charge in [0.2, 0.25) is 0 Å². The van der Waals surface area contributed by atoms with Crippen molar-refractivity contribution in [2.75, 3.05) is 6.61 Å². The maximum atomic E-state index is 13.6. The third kappa shape index (κ3) is 2.90. The summed E-state index contributed by atoms with van der Waals surface area (Å²) in [6.07, 6.45) is -0.942. The number of allylic oxidation sites excluding steroid dienone is 1. The molecule has 0 bridgehead atoms. The number of halogens is 1. The van der Waals surface area contributed by atoms with E-state index in [4.69, 9.17) is 10.00 Å². The Bertz CT molecular complexity index is 820. The number of amides is 3. The van der Waals surface area contributed by atoms with Gasteiger partial charge < -0.3 is 10.1 Å². The molecule has 0 aliphatic carbocycles. The monoisotopic (exact) mass is 328 g/mol. The van der Waals surface area contributed by atoms with Gasteiger partial charge in [0.05, 0.1) is 23.8 Å². The second-order valence-corrected chi connectivity index (χ2v) is 4.90. The number of nitrogens with one attached hydrogen (secondary N) is 1. The summed E-state index contributed by atoms with van der Waals surface area (Å²) in [5, 5.41) is 20.8. The van der Waals surface area contributed by atoms with Gasteiger partial charge in [0.1, 0.15) is 17.9 Å². The van der Waals surface area contributed by atoms with Crippen molar-refractivity contribution in [3.63, 3.8) is 0 Å². The maximum absolute atomic E-state index is 13.6. The van der Waals surface area contributed by atoms with E-state index >= 15 is 0 Å². The lowest BCUT2D eigenvalue weighted by atomic mass is 9.94. The van der Waals surface area contributed by atoms with Gasteiger partial charge in [-0.15, -0.1) is 0 Å². The van der Waals surface area contributed by atoms with Crippen LogP contribution in [0.5, 0.6) is 0 Å². The number of nitrogens with zero attached hydrogens (tertiary/aromatic N) is 3. The van der Waals surface area contributed by atoms with E-state index in [9.17, 15) is 19.2 Å². The molecule has 1 aromatic rings. The normalized spacial score (nSPS) is 17.0. The highest BCUT2D eigenvalue weighted by Gasteiger charge is 2.40. The molecule has 1 heterocycles. The van der Waals surface area contributed by atoms with E-state index in [1.807, 2.05) is 6.07 Å². The van der Waals surface area contributed by atoms with Crippen molar-refractivity contribution < 1.29 is 18.7 Å². The highest BCUT2D eigenvalue weighted by molar-refractivity contribution is 5.94. The molecular weight excluding hydrogens is 315 g/mol. The van der Waals surface area contributed by atoms with Gasteiger partial charge in [-0.05, 0) is 31.5 Å². The molecular formula is C16H13FN4O3. The first-order valence-electron chi connectivity index (χ1n) is 7.02. The average molecular weight is 328 g/mol. The molecule has 1 aliphatic rings. The molecule has 0 aromatic heterocycles. The first kappa shape index (κ1) is 17.0. The number of ether oxygens (including phenoxy) is 1. The molecule has 1 unspecified atom stereocenters. The molecule has 24 heavy (non-hydrogen) atoms. The van der Waals surface area contributed by atoms with Crippen molar-refractivity contribution in [2.24, 2.45) is 0 Å². The molecule has 0 spiro atoms. The van der Waals surface area contributed by atoms with Crippen LogP contribution in [0.15, 0.2) is 29.5 Å². The Hall–Kier alpha value is -3.39. The van der Waals surface area contributed by atoms with E-state index in [1.54, 1.807) is 13.0 Å². The van der Waals surface area contributed by atoms with Crippen molar-refractivity contribution in [1.82, 2.24) is 10.2 Å². The summed E-state index contributed by atoms with van der Waals surface area (Å²) < 4.78 is 18.4. The number of carbonyl (C=O) groups excluding carboxylic acids is 2. The lowest BCUT2D eigenvalue weighted by Crippen LogP contribution is -2.50. The molecule has 1 atom stereocenters. The summed E-state index contributed by atoms with van der Waals surface area (Å²) in [6.45, 7) is 3.13. The van der Waals surface area contributed by atoms with E-state index in [0.29, 0.717) is 0 Å². The highest BCUT2D eigenvalue weighted by atomic mass is 19.1. The van der Waals surface area contributed by atoms with E-state index in [1.165, 1.54) is 19.1 Å². The van der Waals surface area contributed by atoms with E-state index in [2.05, 4.69) is 5.32 Å². The Morgan fingerprint density at radius 3 is 2.71 bits per heavy atom. The zero-order valence-electron chi connectivity index (χ0n) is 13.0. The van der Waals surface area contributed by atoms with Gasteiger partial charge >= 0.3 is 12.1 Å².